The molecule has 0 saturated heterocycles. The van der Waals surface area contributed by atoms with Gasteiger partial charge in [-0.3, -0.25) is 4.99 Å². The second kappa shape index (κ2) is 13.2. The largest absolute Gasteiger partial charge is 0.497 e. The summed E-state index contributed by atoms with van der Waals surface area (Å²) >= 11 is 0. The summed E-state index contributed by atoms with van der Waals surface area (Å²) in [6.07, 6.45) is 2.96. The van der Waals surface area contributed by atoms with Crippen molar-refractivity contribution in [2.75, 3.05) is 40.0 Å². The summed E-state index contributed by atoms with van der Waals surface area (Å²) in [5, 5.41) is 16.7. The van der Waals surface area contributed by atoms with Crippen molar-refractivity contribution in [3.05, 3.63) is 29.8 Å². The van der Waals surface area contributed by atoms with Crippen LogP contribution in [0.1, 0.15) is 37.9 Å². The fourth-order valence-corrected chi connectivity index (χ4v) is 2.37. The summed E-state index contributed by atoms with van der Waals surface area (Å²) in [6, 6.07) is 7.40. The van der Waals surface area contributed by atoms with Gasteiger partial charge in [0.1, 0.15) is 5.75 Å². The van der Waals surface area contributed by atoms with Crippen LogP contribution >= 0.6 is 24.0 Å². The van der Waals surface area contributed by atoms with Gasteiger partial charge in [-0.25, -0.2) is 0 Å². The van der Waals surface area contributed by atoms with Crippen molar-refractivity contribution in [1.29, 1.82) is 0 Å². The predicted octanol–water partition coefficient (Wildman–Crippen LogP) is 2.72. The molecule has 0 amide bonds. The van der Waals surface area contributed by atoms with Gasteiger partial charge in [0.15, 0.2) is 5.96 Å². The van der Waals surface area contributed by atoms with Crippen LogP contribution in [0.2, 0.25) is 0 Å². The Labute approximate surface area is 173 Å². The molecule has 3 N–H and O–H groups in total. The fraction of sp³-hybridized carbons (Fsp3) is 0.632. The van der Waals surface area contributed by atoms with Gasteiger partial charge in [0.05, 0.1) is 19.8 Å². The van der Waals surface area contributed by atoms with Crippen molar-refractivity contribution in [2.24, 2.45) is 10.9 Å². The van der Waals surface area contributed by atoms with Crippen molar-refractivity contribution in [3.8, 4) is 5.75 Å². The molecule has 0 radical (unpaired) electrons. The Balaban J connectivity index is 0.00000338. The molecule has 1 aromatic carbocycles. The van der Waals surface area contributed by atoms with E-state index in [-0.39, 0.29) is 24.0 Å². The number of aliphatic imine (C=N–C) groups is 1. The first-order valence-corrected chi connectivity index (χ1v) is 9.15. The zero-order valence-electron chi connectivity index (χ0n) is 15.7. The standard InChI is InChI=1S/C19H31N3O3.HI/c1-3-20-19(21-11-4-12-25-14-15-5-6-15)22-13-18(23)16-7-9-17(24-2)10-8-16;/h7-10,15,18,23H,3-6,11-14H2,1-2H3,(H2,20,21,22);1H. The predicted molar refractivity (Wildman–Crippen MR) is 116 cm³/mol. The second-order valence-electron chi connectivity index (χ2n) is 6.31. The van der Waals surface area contributed by atoms with Crippen molar-refractivity contribution in [2.45, 2.75) is 32.3 Å². The van der Waals surface area contributed by atoms with Gasteiger partial charge in [0.2, 0.25) is 0 Å². The first kappa shape index (κ1) is 23.0. The lowest BCUT2D eigenvalue weighted by atomic mass is 10.1. The zero-order chi connectivity index (χ0) is 17.9. The van der Waals surface area contributed by atoms with Gasteiger partial charge >= 0.3 is 0 Å². The highest BCUT2D eigenvalue weighted by molar-refractivity contribution is 14.0. The zero-order valence-corrected chi connectivity index (χ0v) is 18.1. The van der Waals surface area contributed by atoms with E-state index in [2.05, 4.69) is 15.6 Å². The van der Waals surface area contributed by atoms with Crippen LogP contribution in [0.15, 0.2) is 29.3 Å². The maximum atomic E-state index is 10.3. The number of aliphatic hydroxyl groups excluding tert-OH is 1. The average Bonchev–Trinajstić information content (AvgIpc) is 3.46. The maximum absolute atomic E-state index is 10.3. The van der Waals surface area contributed by atoms with Crippen molar-refractivity contribution < 1.29 is 14.6 Å². The summed E-state index contributed by atoms with van der Waals surface area (Å²) in [4.78, 5) is 4.46. The van der Waals surface area contributed by atoms with Crippen LogP contribution in [0.3, 0.4) is 0 Å². The van der Waals surface area contributed by atoms with Gasteiger partial charge in [0.25, 0.3) is 0 Å². The van der Waals surface area contributed by atoms with Gasteiger partial charge in [-0.15, -0.1) is 24.0 Å². The molecule has 6 nitrogen and oxygen atoms in total. The maximum Gasteiger partial charge on any atom is 0.191 e. The number of aliphatic hydroxyl groups is 1. The van der Waals surface area contributed by atoms with Gasteiger partial charge in [0, 0.05) is 26.3 Å². The van der Waals surface area contributed by atoms with Crippen LogP contribution in [0.4, 0.5) is 0 Å². The molecule has 148 valence electrons. The van der Waals surface area contributed by atoms with E-state index in [0.29, 0.717) is 6.54 Å². The normalized spacial score (nSPS) is 15.1. The molecule has 0 bridgehead atoms. The van der Waals surface area contributed by atoms with E-state index in [1.165, 1.54) is 12.8 Å². The van der Waals surface area contributed by atoms with E-state index in [1.54, 1.807) is 7.11 Å². The topological polar surface area (TPSA) is 75.1 Å². The Hall–Kier alpha value is -1.06. The molecule has 1 fully saturated rings. The van der Waals surface area contributed by atoms with E-state index in [9.17, 15) is 5.11 Å². The minimum absolute atomic E-state index is 0. The Bertz CT molecular complexity index is 521. The molecule has 0 heterocycles. The molecule has 1 atom stereocenters. The number of hydrogen-bond acceptors (Lipinski definition) is 4. The van der Waals surface area contributed by atoms with Crippen molar-refractivity contribution in [3.63, 3.8) is 0 Å². The molecule has 0 aromatic heterocycles. The van der Waals surface area contributed by atoms with E-state index in [1.807, 2.05) is 31.2 Å². The third-order valence-electron chi connectivity index (χ3n) is 4.08. The van der Waals surface area contributed by atoms with E-state index < -0.39 is 6.10 Å². The van der Waals surface area contributed by atoms with Gasteiger partial charge in [-0.2, -0.15) is 0 Å². The Morgan fingerprint density at radius 2 is 2.00 bits per heavy atom. The first-order valence-electron chi connectivity index (χ1n) is 9.15. The molecule has 1 aliphatic rings. The number of nitrogens with one attached hydrogen (secondary N) is 2. The smallest absolute Gasteiger partial charge is 0.191 e. The summed E-state index contributed by atoms with van der Waals surface area (Å²) in [5.74, 6) is 2.31. The van der Waals surface area contributed by atoms with E-state index in [4.69, 9.17) is 9.47 Å². The molecule has 1 aliphatic carbocycles. The highest BCUT2D eigenvalue weighted by Crippen LogP contribution is 2.28. The molecule has 26 heavy (non-hydrogen) atoms. The van der Waals surface area contributed by atoms with Gasteiger partial charge in [-0.1, -0.05) is 12.1 Å². The number of ether oxygens (including phenoxy) is 2. The number of guanidine groups is 1. The molecule has 0 spiro atoms. The van der Waals surface area contributed by atoms with Crippen LogP contribution in [0.5, 0.6) is 5.75 Å². The number of benzene rings is 1. The molecular formula is C19H32IN3O3. The average molecular weight is 477 g/mol. The summed E-state index contributed by atoms with van der Waals surface area (Å²) < 4.78 is 10.8. The van der Waals surface area contributed by atoms with Crippen LogP contribution in [0.25, 0.3) is 0 Å². The molecule has 2 rings (SSSR count). The molecule has 1 saturated carbocycles. The number of nitrogens with zero attached hydrogens (tertiary/aromatic N) is 1. The lowest BCUT2D eigenvalue weighted by molar-refractivity contribution is 0.123. The van der Waals surface area contributed by atoms with Crippen LogP contribution < -0.4 is 15.4 Å². The molecule has 7 heteroatoms. The third-order valence-corrected chi connectivity index (χ3v) is 4.08. The van der Waals surface area contributed by atoms with Crippen molar-refractivity contribution in [1.82, 2.24) is 10.6 Å². The number of rotatable bonds is 11. The molecular weight excluding hydrogens is 445 g/mol. The van der Waals surface area contributed by atoms with Gasteiger partial charge < -0.3 is 25.2 Å². The summed E-state index contributed by atoms with van der Waals surface area (Å²) in [6.45, 7) is 5.59. The molecule has 1 unspecified atom stereocenters. The SMILES string of the molecule is CCNC(=NCC(O)c1ccc(OC)cc1)NCCCOCC1CC1.I. The fourth-order valence-electron chi connectivity index (χ4n) is 2.37. The van der Waals surface area contributed by atoms with Crippen LogP contribution in [-0.4, -0.2) is 51.0 Å². The summed E-state index contributed by atoms with van der Waals surface area (Å²) in [5.41, 5.74) is 0.828. The number of methoxy groups -OCH3 is 1. The highest BCUT2D eigenvalue weighted by atomic mass is 127. The first-order chi connectivity index (χ1) is 12.2. The molecule has 0 aliphatic heterocycles. The lowest BCUT2D eigenvalue weighted by Crippen LogP contribution is -2.38. The molecule has 1 aromatic rings. The summed E-state index contributed by atoms with van der Waals surface area (Å²) in [7, 11) is 1.63. The van der Waals surface area contributed by atoms with E-state index in [0.717, 1.165) is 55.9 Å². The Kier molecular flexibility index (Phi) is 11.6. The minimum atomic E-state index is -0.636. The second-order valence-corrected chi connectivity index (χ2v) is 6.31. The monoisotopic (exact) mass is 477 g/mol. The van der Waals surface area contributed by atoms with Crippen LogP contribution in [-0.2, 0) is 4.74 Å². The Morgan fingerprint density at radius 1 is 1.27 bits per heavy atom. The van der Waals surface area contributed by atoms with Crippen LogP contribution in [0, 0.1) is 5.92 Å². The quantitative estimate of drug-likeness (QED) is 0.198. The third kappa shape index (κ3) is 9.05. The number of hydrogen-bond donors (Lipinski definition) is 3. The lowest BCUT2D eigenvalue weighted by Gasteiger charge is -2.13. The minimum Gasteiger partial charge on any atom is -0.497 e. The van der Waals surface area contributed by atoms with Crippen molar-refractivity contribution >= 4 is 29.9 Å². The Morgan fingerprint density at radius 3 is 2.62 bits per heavy atom. The highest BCUT2D eigenvalue weighted by Gasteiger charge is 2.20. The number of halogens is 1. The van der Waals surface area contributed by atoms with E-state index >= 15 is 0 Å². The van der Waals surface area contributed by atoms with Gasteiger partial charge in [-0.05, 0) is 49.8 Å².